The van der Waals surface area contributed by atoms with Crippen LogP contribution in [-0.2, 0) is 21.0 Å². The van der Waals surface area contributed by atoms with Crippen LogP contribution in [0.5, 0.6) is 0 Å². The smallest absolute Gasteiger partial charge is 0.335 e. The Kier molecular flexibility index (Phi) is 5.88. The van der Waals surface area contributed by atoms with Crippen LogP contribution in [0.3, 0.4) is 0 Å². The standard InChI is InChI=1S/C19H21F2N5O4S/c1-30-31(28,29)25-16-7-11(8-17(16)27)26-6-5-12-18(23-10-24-19(12)26)22-9-13-14(20)3-2-4-15(13)21/h2-6,10-11,16-17,25,27H,7-9H2,1H3,(H,22,23,24)/t11-,16+,17+/m1/s1. The Bertz CT molecular complexity index is 1180. The van der Waals surface area contributed by atoms with Crippen LogP contribution in [0.25, 0.3) is 11.0 Å². The Morgan fingerprint density at radius 3 is 2.68 bits per heavy atom. The van der Waals surface area contributed by atoms with E-state index < -0.39 is 34.1 Å². The summed E-state index contributed by atoms with van der Waals surface area (Å²) in [6.07, 6.45) is 2.85. The molecule has 9 nitrogen and oxygen atoms in total. The average Bonchev–Trinajstić information content (AvgIpc) is 3.31. The largest absolute Gasteiger partial charge is 0.391 e. The zero-order chi connectivity index (χ0) is 22.2. The topological polar surface area (TPSA) is 118 Å². The van der Waals surface area contributed by atoms with Gasteiger partial charge in [-0.05, 0) is 31.0 Å². The number of hydrogen-bond donors (Lipinski definition) is 3. The second-order valence-electron chi connectivity index (χ2n) is 7.27. The maximum Gasteiger partial charge on any atom is 0.335 e. The molecule has 0 bridgehead atoms. The van der Waals surface area contributed by atoms with E-state index in [1.807, 2.05) is 4.57 Å². The zero-order valence-corrected chi connectivity index (χ0v) is 17.3. The molecule has 2 heterocycles. The minimum atomic E-state index is -3.93. The number of aliphatic hydroxyl groups excluding tert-OH is 1. The summed E-state index contributed by atoms with van der Waals surface area (Å²) >= 11 is 0. The first-order valence-electron chi connectivity index (χ1n) is 9.53. The predicted molar refractivity (Wildman–Crippen MR) is 108 cm³/mol. The molecule has 0 saturated heterocycles. The molecule has 0 aliphatic heterocycles. The lowest BCUT2D eigenvalue weighted by Gasteiger charge is -2.15. The number of halogens is 2. The van der Waals surface area contributed by atoms with E-state index in [0.717, 1.165) is 7.11 Å². The van der Waals surface area contributed by atoms with Crippen molar-refractivity contribution in [3.05, 3.63) is 54.0 Å². The molecule has 3 aromatic rings. The number of anilines is 1. The predicted octanol–water partition coefficient (Wildman–Crippen LogP) is 1.87. The summed E-state index contributed by atoms with van der Waals surface area (Å²) in [5.41, 5.74) is 0.458. The summed E-state index contributed by atoms with van der Waals surface area (Å²) in [7, 11) is -2.89. The van der Waals surface area contributed by atoms with Crippen molar-refractivity contribution in [2.75, 3.05) is 12.4 Å². The summed E-state index contributed by atoms with van der Waals surface area (Å²) in [6.45, 7) is -0.0984. The molecule has 1 aliphatic rings. The maximum absolute atomic E-state index is 13.9. The van der Waals surface area contributed by atoms with Crippen LogP contribution in [0, 0.1) is 11.6 Å². The van der Waals surface area contributed by atoms with E-state index in [2.05, 4.69) is 24.2 Å². The van der Waals surface area contributed by atoms with Crippen LogP contribution < -0.4 is 10.0 Å². The number of nitrogens with zero attached hydrogens (tertiary/aromatic N) is 3. The van der Waals surface area contributed by atoms with E-state index >= 15 is 0 Å². The van der Waals surface area contributed by atoms with E-state index in [1.165, 1.54) is 24.5 Å². The zero-order valence-electron chi connectivity index (χ0n) is 16.5. The first-order chi connectivity index (χ1) is 14.8. The molecular formula is C19H21F2N5O4S. The van der Waals surface area contributed by atoms with Gasteiger partial charge in [0.2, 0.25) is 0 Å². The van der Waals surface area contributed by atoms with E-state index in [4.69, 9.17) is 0 Å². The van der Waals surface area contributed by atoms with Crippen LogP contribution in [0.15, 0.2) is 36.8 Å². The second-order valence-corrected chi connectivity index (χ2v) is 8.75. The Labute approximate surface area is 177 Å². The summed E-state index contributed by atoms with van der Waals surface area (Å²) in [5, 5.41) is 13.9. The molecule has 3 atom stereocenters. The molecule has 1 aliphatic carbocycles. The minimum absolute atomic E-state index is 0.0964. The van der Waals surface area contributed by atoms with Crippen LogP contribution in [0.2, 0.25) is 0 Å². The molecule has 2 aromatic heterocycles. The normalized spacial score (nSPS) is 21.6. The number of hydrogen-bond acceptors (Lipinski definition) is 7. The lowest BCUT2D eigenvalue weighted by Crippen LogP contribution is -2.40. The van der Waals surface area contributed by atoms with Crippen LogP contribution >= 0.6 is 0 Å². The van der Waals surface area contributed by atoms with Gasteiger partial charge in [0.1, 0.15) is 29.4 Å². The van der Waals surface area contributed by atoms with Crippen molar-refractivity contribution >= 4 is 27.2 Å². The molecule has 1 aromatic carbocycles. The van der Waals surface area contributed by atoms with Gasteiger partial charge in [-0.25, -0.2) is 18.7 Å². The fraction of sp³-hybridized carbons (Fsp3) is 0.368. The van der Waals surface area contributed by atoms with Crippen molar-refractivity contribution in [3.8, 4) is 0 Å². The molecule has 0 spiro atoms. The van der Waals surface area contributed by atoms with Gasteiger partial charge in [-0.1, -0.05) is 6.07 Å². The van der Waals surface area contributed by atoms with Gasteiger partial charge in [-0.2, -0.15) is 13.1 Å². The second kappa shape index (κ2) is 8.46. The van der Waals surface area contributed by atoms with E-state index in [-0.39, 0.29) is 18.2 Å². The highest BCUT2D eigenvalue weighted by Gasteiger charge is 2.37. The first-order valence-corrected chi connectivity index (χ1v) is 10.9. The van der Waals surface area contributed by atoms with Crippen molar-refractivity contribution < 1.29 is 26.5 Å². The lowest BCUT2D eigenvalue weighted by atomic mass is 10.2. The summed E-state index contributed by atoms with van der Waals surface area (Å²) in [6, 6.07) is 4.51. The maximum atomic E-state index is 13.9. The third kappa shape index (κ3) is 4.37. The molecule has 3 N–H and O–H groups in total. The van der Waals surface area contributed by atoms with Crippen molar-refractivity contribution in [3.63, 3.8) is 0 Å². The number of aliphatic hydroxyl groups is 1. The third-order valence-corrected chi connectivity index (χ3v) is 6.45. The van der Waals surface area contributed by atoms with Crippen LogP contribution in [0.4, 0.5) is 14.6 Å². The molecule has 31 heavy (non-hydrogen) atoms. The van der Waals surface area contributed by atoms with Gasteiger partial charge < -0.3 is 15.0 Å². The van der Waals surface area contributed by atoms with Gasteiger partial charge in [0.15, 0.2) is 0 Å². The van der Waals surface area contributed by atoms with E-state index in [1.54, 1.807) is 12.3 Å². The summed E-state index contributed by atoms with van der Waals surface area (Å²) in [4.78, 5) is 8.47. The van der Waals surface area contributed by atoms with Crippen molar-refractivity contribution in [1.82, 2.24) is 19.3 Å². The molecule has 12 heteroatoms. The summed E-state index contributed by atoms with van der Waals surface area (Å²) < 4.78 is 59.7. The molecule has 0 radical (unpaired) electrons. The molecular weight excluding hydrogens is 432 g/mol. The average molecular weight is 453 g/mol. The van der Waals surface area contributed by atoms with Crippen molar-refractivity contribution in [2.45, 2.75) is 37.6 Å². The molecule has 1 fully saturated rings. The highest BCUT2D eigenvalue weighted by Crippen LogP contribution is 2.34. The minimum Gasteiger partial charge on any atom is -0.391 e. The van der Waals surface area contributed by atoms with E-state index in [0.29, 0.717) is 29.7 Å². The lowest BCUT2D eigenvalue weighted by molar-refractivity contribution is 0.154. The summed E-state index contributed by atoms with van der Waals surface area (Å²) in [5.74, 6) is -0.902. The Balaban J connectivity index is 1.55. The number of aromatic nitrogens is 3. The van der Waals surface area contributed by atoms with Crippen LogP contribution in [0.1, 0.15) is 24.4 Å². The molecule has 166 valence electrons. The van der Waals surface area contributed by atoms with Crippen molar-refractivity contribution in [1.29, 1.82) is 0 Å². The molecule has 1 saturated carbocycles. The Morgan fingerprint density at radius 2 is 1.97 bits per heavy atom. The SMILES string of the molecule is COS(=O)(=O)N[C@H]1C[C@@H](n2ccc3c(NCc4c(F)cccc4F)ncnc32)C[C@@H]1O. The third-order valence-electron chi connectivity index (χ3n) is 5.42. The number of benzene rings is 1. The molecule has 0 unspecified atom stereocenters. The van der Waals surface area contributed by atoms with Crippen LogP contribution in [-0.4, -0.2) is 47.3 Å². The number of nitrogens with one attached hydrogen (secondary N) is 2. The fourth-order valence-electron chi connectivity index (χ4n) is 3.86. The quantitative estimate of drug-likeness (QED) is 0.500. The Morgan fingerprint density at radius 1 is 1.23 bits per heavy atom. The molecule has 0 amide bonds. The van der Waals surface area contributed by atoms with Gasteiger partial charge >= 0.3 is 10.3 Å². The van der Waals surface area contributed by atoms with E-state index in [9.17, 15) is 22.3 Å². The number of rotatable bonds is 7. The molecule has 4 rings (SSSR count). The van der Waals surface area contributed by atoms with Gasteiger partial charge in [0.25, 0.3) is 0 Å². The van der Waals surface area contributed by atoms with Gasteiger partial charge in [0.05, 0.1) is 24.6 Å². The highest BCUT2D eigenvalue weighted by atomic mass is 32.2. The monoisotopic (exact) mass is 453 g/mol. The van der Waals surface area contributed by atoms with Gasteiger partial charge in [-0.3, -0.25) is 4.18 Å². The first kappa shape index (κ1) is 21.6. The Hall–Kier alpha value is -2.67. The fourth-order valence-corrected chi connectivity index (χ4v) is 4.58. The number of fused-ring (bicyclic) bond motifs is 1. The van der Waals surface area contributed by atoms with Gasteiger partial charge in [0, 0.05) is 24.3 Å². The van der Waals surface area contributed by atoms with Crippen molar-refractivity contribution in [2.24, 2.45) is 0 Å². The van der Waals surface area contributed by atoms with Gasteiger partial charge in [-0.15, -0.1) is 0 Å². The highest BCUT2D eigenvalue weighted by molar-refractivity contribution is 7.84.